The number of benzene rings is 1. The molecule has 0 fully saturated rings. The predicted octanol–water partition coefficient (Wildman–Crippen LogP) is 4.41. The van der Waals surface area contributed by atoms with E-state index < -0.39 is 0 Å². The second kappa shape index (κ2) is 6.01. The molecule has 0 aliphatic carbocycles. The summed E-state index contributed by atoms with van der Waals surface area (Å²) < 4.78 is 2.31. The van der Waals surface area contributed by atoms with Crippen LogP contribution in [0.3, 0.4) is 0 Å². The van der Waals surface area contributed by atoms with E-state index in [4.69, 9.17) is 5.73 Å². The Balaban J connectivity index is 2.76. The third-order valence-electron chi connectivity index (χ3n) is 2.24. The molecular weight excluding hydrogens is 365 g/mol. The SMILES string of the molecule is C=C(C)CCC(N)c1cc(I)ccc1Br. The Morgan fingerprint density at radius 1 is 1.60 bits per heavy atom. The van der Waals surface area contributed by atoms with Gasteiger partial charge in [0.2, 0.25) is 0 Å². The molecule has 1 aromatic rings. The van der Waals surface area contributed by atoms with Crippen LogP contribution in [0.4, 0.5) is 0 Å². The highest BCUT2D eigenvalue weighted by Gasteiger charge is 2.10. The van der Waals surface area contributed by atoms with Crippen LogP contribution in [0.5, 0.6) is 0 Å². The molecule has 1 unspecified atom stereocenters. The zero-order chi connectivity index (χ0) is 11.4. The predicted molar refractivity (Wildman–Crippen MR) is 77.8 cm³/mol. The first-order chi connectivity index (χ1) is 7.00. The van der Waals surface area contributed by atoms with Gasteiger partial charge < -0.3 is 5.73 Å². The highest BCUT2D eigenvalue weighted by molar-refractivity contribution is 14.1. The molecule has 1 rings (SSSR count). The van der Waals surface area contributed by atoms with Crippen molar-refractivity contribution in [3.8, 4) is 0 Å². The number of hydrogen-bond donors (Lipinski definition) is 1. The lowest BCUT2D eigenvalue weighted by Gasteiger charge is -2.14. The smallest absolute Gasteiger partial charge is 0.0309 e. The molecule has 3 heteroatoms. The van der Waals surface area contributed by atoms with Crippen molar-refractivity contribution in [1.82, 2.24) is 0 Å². The maximum absolute atomic E-state index is 6.14. The van der Waals surface area contributed by atoms with Gasteiger partial charge in [0.25, 0.3) is 0 Å². The molecule has 0 saturated carbocycles. The molecule has 0 aliphatic rings. The van der Waals surface area contributed by atoms with Crippen LogP contribution >= 0.6 is 38.5 Å². The Bertz CT molecular complexity index is 363. The maximum atomic E-state index is 6.14. The molecule has 0 bridgehead atoms. The van der Waals surface area contributed by atoms with E-state index in [9.17, 15) is 0 Å². The average Bonchev–Trinajstić information content (AvgIpc) is 2.18. The van der Waals surface area contributed by atoms with Crippen molar-refractivity contribution in [2.45, 2.75) is 25.8 Å². The summed E-state index contributed by atoms with van der Waals surface area (Å²) in [7, 11) is 0. The third-order valence-corrected chi connectivity index (χ3v) is 3.63. The summed E-state index contributed by atoms with van der Waals surface area (Å²) in [5.41, 5.74) is 8.51. The molecule has 0 spiro atoms. The summed E-state index contributed by atoms with van der Waals surface area (Å²) in [6.07, 6.45) is 1.94. The van der Waals surface area contributed by atoms with Crippen LogP contribution in [0.15, 0.2) is 34.8 Å². The molecule has 15 heavy (non-hydrogen) atoms. The first kappa shape index (κ1) is 13.2. The van der Waals surface area contributed by atoms with Gasteiger partial charge in [-0.15, -0.1) is 6.58 Å². The molecule has 1 atom stereocenters. The van der Waals surface area contributed by atoms with Crippen LogP contribution in [0.25, 0.3) is 0 Å². The summed E-state index contributed by atoms with van der Waals surface area (Å²) in [6, 6.07) is 6.34. The fraction of sp³-hybridized carbons (Fsp3) is 0.333. The van der Waals surface area contributed by atoms with E-state index in [0.29, 0.717) is 0 Å². The molecule has 1 nitrogen and oxygen atoms in total. The van der Waals surface area contributed by atoms with Crippen LogP contribution in [-0.4, -0.2) is 0 Å². The Labute approximate surface area is 113 Å². The molecule has 0 saturated heterocycles. The standard InChI is InChI=1S/C12H15BrIN/c1-8(2)3-6-12(15)10-7-9(14)4-5-11(10)13/h4-5,7,12H,1,3,6,15H2,2H3. The van der Waals surface area contributed by atoms with E-state index in [1.54, 1.807) is 0 Å². The number of nitrogens with two attached hydrogens (primary N) is 1. The minimum Gasteiger partial charge on any atom is -0.324 e. The van der Waals surface area contributed by atoms with E-state index >= 15 is 0 Å². The molecule has 82 valence electrons. The summed E-state index contributed by atoms with van der Waals surface area (Å²) in [6.45, 7) is 5.93. The van der Waals surface area contributed by atoms with E-state index in [2.05, 4.69) is 63.3 Å². The van der Waals surface area contributed by atoms with Gasteiger partial charge in [-0.25, -0.2) is 0 Å². The Morgan fingerprint density at radius 3 is 2.87 bits per heavy atom. The number of allylic oxidation sites excluding steroid dienone is 1. The maximum Gasteiger partial charge on any atom is 0.0309 e. The van der Waals surface area contributed by atoms with E-state index in [-0.39, 0.29) is 6.04 Å². The molecule has 0 amide bonds. The summed E-state index contributed by atoms with van der Waals surface area (Å²) in [5.74, 6) is 0. The van der Waals surface area contributed by atoms with Crippen molar-refractivity contribution in [2.75, 3.05) is 0 Å². The largest absolute Gasteiger partial charge is 0.324 e. The lowest BCUT2D eigenvalue weighted by atomic mass is 10.0. The molecule has 0 radical (unpaired) electrons. The lowest BCUT2D eigenvalue weighted by molar-refractivity contribution is 0.646. The molecule has 2 N–H and O–H groups in total. The van der Waals surface area contributed by atoms with Crippen LogP contribution in [0.1, 0.15) is 31.4 Å². The van der Waals surface area contributed by atoms with E-state index in [1.165, 1.54) is 14.7 Å². The van der Waals surface area contributed by atoms with Crippen LogP contribution in [0.2, 0.25) is 0 Å². The summed E-state index contributed by atoms with van der Waals surface area (Å²) >= 11 is 5.84. The van der Waals surface area contributed by atoms with E-state index in [1.807, 2.05) is 6.92 Å². The second-order valence-corrected chi connectivity index (χ2v) is 5.87. The number of hydrogen-bond acceptors (Lipinski definition) is 1. The molecule has 1 aromatic carbocycles. The van der Waals surface area contributed by atoms with Gasteiger partial charge in [0.05, 0.1) is 0 Å². The highest BCUT2D eigenvalue weighted by Crippen LogP contribution is 2.27. The molecule has 0 aliphatic heterocycles. The van der Waals surface area contributed by atoms with E-state index in [0.717, 1.165) is 17.3 Å². The average molecular weight is 380 g/mol. The van der Waals surface area contributed by atoms with Gasteiger partial charge in [0.15, 0.2) is 0 Å². The molecule has 0 heterocycles. The first-order valence-corrected chi connectivity index (χ1v) is 6.73. The minimum absolute atomic E-state index is 0.0887. The Morgan fingerprint density at radius 2 is 2.27 bits per heavy atom. The van der Waals surface area contributed by atoms with Gasteiger partial charge in [-0.05, 0) is 66.1 Å². The van der Waals surface area contributed by atoms with Crippen LogP contribution < -0.4 is 5.73 Å². The minimum atomic E-state index is 0.0887. The van der Waals surface area contributed by atoms with Gasteiger partial charge in [0, 0.05) is 14.1 Å². The monoisotopic (exact) mass is 379 g/mol. The second-order valence-electron chi connectivity index (χ2n) is 3.77. The van der Waals surface area contributed by atoms with Gasteiger partial charge >= 0.3 is 0 Å². The molecule has 0 aromatic heterocycles. The fourth-order valence-corrected chi connectivity index (χ4v) is 2.41. The quantitative estimate of drug-likeness (QED) is 0.608. The van der Waals surface area contributed by atoms with Crippen molar-refractivity contribution in [2.24, 2.45) is 5.73 Å². The summed E-state index contributed by atoms with van der Waals surface area (Å²) in [4.78, 5) is 0. The number of halogens is 2. The Kier molecular flexibility index (Phi) is 5.29. The van der Waals surface area contributed by atoms with Gasteiger partial charge in [-0.1, -0.05) is 21.5 Å². The fourth-order valence-electron chi connectivity index (χ4n) is 1.36. The van der Waals surface area contributed by atoms with Crippen molar-refractivity contribution in [3.63, 3.8) is 0 Å². The van der Waals surface area contributed by atoms with Crippen LogP contribution in [0, 0.1) is 3.57 Å². The van der Waals surface area contributed by atoms with Crippen molar-refractivity contribution < 1.29 is 0 Å². The Hall–Kier alpha value is 0.130. The van der Waals surface area contributed by atoms with Crippen molar-refractivity contribution >= 4 is 38.5 Å². The normalized spacial score (nSPS) is 12.5. The topological polar surface area (TPSA) is 26.0 Å². The zero-order valence-corrected chi connectivity index (χ0v) is 12.5. The van der Waals surface area contributed by atoms with Gasteiger partial charge in [-0.3, -0.25) is 0 Å². The van der Waals surface area contributed by atoms with Crippen molar-refractivity contribution in [3.05, 3.63) is 44.0 Å². The number of rotatable bonds is 4. The van der Waals surface area contributed by atoms with Crippen molar-refractivity contribution in [1.29, 1.82) is 0 Å². The molecular formula is C12H15BrIN. The summed E-state index contributed by atoms with van der Waals surface area (Å²) in [5, 5.41) is 0. The van der Waals surface area contributed by atoms with Gasteiger partial charge in [0.1, 0.15) is 0 Å². The van der Waals surface area contributed by atoms with Gasteiger partial charge in [-0.2, -0.15) is 0 Å². The zero-order valence-electron chi connectivity index (χ0n) is 8.76. The first-order valence-electron chi connectivity index (χ1n) is 4.85. The van der Waals surface area contributed by atoms with Crippen LogP contribution in [-0.2, 0) is 0 Å². The third kappa shape index (κ3) is 4.25. The highest BCUT2D eigenvalue weighted by atomic mass is 127. The lowest BCUT2D eigenvalue weighted by Crippen LogP contribution is -2.11.